The van der Waals surface area contributed by atoms with E-state index in [-0.39, 0.29) is 11.2 Å². The van der Waals surface area contributed by atoms with Crippen LogP contribution in [0.15, 0.2) is 11.1 Å². The Kier molecular flexibility index (Phi) is 2.02. The van der Waals surface area contributed by atoms with Crippen LogP contribution in [0, 0.1) is 13.8 Å². The Morgan fingerprint density at radius 3 is 2.67 bits per heavy atom. The Morgan fingerprint density at radius 2 is 2.07 bits per heavy atom. The zero-order valence-electron chi connectivity index (χ0n) is 8.11. The molecule has 0 saturated heterocycles. The van der Waals surface area contributed by atoms with E-state index in [1.807, 2.05) is 0 Å². The van der Waals surface area contributed by atoms with Gasteiger partial charge in [-0.3, -0.25) is 9.36 Å². The number of alkyl halides is 2. The molecule has 0 amide bonds. The minimum Gasteiger partial charge on any atom is -0.267 e. The lowest BCUT2D eigenvalue weighted by molar-refractivity contribution is 0.0742. The van der Waals surface area contributed by atoms with Crippen molar-refractivity contribution in [2.75, 3.05) is 0 Å². The second-order valence-electron chi connectivity index (χ2n) is 3.14. The lowest BCUT2D eigenvalue weighted by Crippen LogP contribution is -2.17. The van der Waals surface area contributed by atoms with Gasteiger partial charge in [0.05, 0.1) is 5.56 Å². The summed E-state index contributed by atoms with van der Waals surface area (Å²) in [5.74, 6) is 0.292. The molecule has 0 aliphatic heterocycles. The Hall–Kier alpha value is -1.79. The molecule has 0 N–H and O–H groups in total. The van der Waals surface area contributed by atoms with Crippen molar-refractivity contribution >= 4 is 5.65 Å². The lowest BCUT2D eigenvalue weighted by Gasteiger charge is -2.04. The molecule has 0 aliphatic rings. The molecule has 0 spiro atoms. The first-order valence-corrected chi connectivity index (χ1v) is 4.23. The molecular formula is C8H8F2N4O. The Balaban J connectivity index is 2.95. The highest BCUT2D eigenvalue weighted by molar-refractivity contribution is 5.46. The number of rotatable bonds is 1. The molecule has 0 aromatic carbocycles. The summed E-state index contributed by atoms with van der Waals surface area (Å²) in [7, 11) is 0. The van der Waals surface area contributed by atoms with Gasteiger partial charge >= 0.3 is 6.55 Å². The van der Waals surface area contributed by atoms with Crippen LogP contribution in [0.5, 0.6) is 0 Å². The van der Waals surface area contributed by atoms with Gasteiger partial charge in [-0.2, -0.15) is 18.9 Å². The molecule has 0 bridgehead atoms. The van der Waals surface area contributed by atoms with Gasteiger partial charge in [-0.25, -0.2) is 4.52 Å². The third-order valence-electron chi connectivity index (χ3n) is 2.17. The molecule has 2 heterocycles. The molecule has 2 aromatic heterocycles. The van der Waals surface area contributed by atoms with Crippen LogP contribution in [0.4, 0.5) is 8.78 Å². The Morgan fingerprint density at radius 1 is 1.40 bits per heavy atom. The summed E-state index contributed by atoms with van der Waals surface area (Å²) in [6, 6.07) is 0. The van der Waals surface area contributed by atoms with Gasteiger partial charge in [0.15, 0.2) is 0 Å². The molecule has 80 valence electrons. The van der Waals surface area contributed by atoms with E-state index in [4.69, 9.17) is 0 Å². The van der Waals surface area contributed by atoms with Crippen molar-refractivity contribution < 1.29 is 8.78 Å². The third-order valence-corrected chi connectivity index (χ3v) is 2.17. The highest BCUT2D eigenvalue weighted by Crippen LogP contribution is 2.15. The van der Waals surface area contributed by atoms with Crippen LogP contribution in [0.1, 0.15) is 17.9 Å². The van der Waals surface area contributed by atoms with Gasteiger partial charge in [-0.15, -0.1) is 0 Å². The first-order valence-electron chi connectivity index (χ1n) is 4.23. The third kappa shape index (κ3) is 1.31. The van der Waals surface area contributed by atoms with Crippen molar-refractivity contribution in [2.24, 2.45) is 0 Å². The molecule has 0 unspecified atom stereocenters. The van der Waals surface area contributed by atoms with Crippen molar-refractivity contribution in [1.29, 1.82) is 0 Å². The number of hydrogen-bond donors (Lipinski definition) is 0. The van der Waals surface area contributed by atoms with Crippen molar-refractivity contribution in [3.05, 3.63) is 28.1 Å². The lowest BCUT2D eigenvalue weighted by atomic mass is 10.3. The molecule has 0 saturated carbocycles. The van der Waals surface area contributed by atoms with Gasteiger partial charge in [0.25, 0.3) is 5.56 Å². The normalized spacial score (nSPS) is 11.5. The zero-order valence-corrected chi connectivity index (χ0v) is 8.11. The van der Waals surface area contributed by atoms with E-state index in [1.165, 1.54) is 18.4 Å². The van der Waals surface area contributed by atoms with Gasteiger partial charge in [0.2, 0.25) is 0 Å². The highest BCUT2D eigenvalue weighted by Gasteiger charge is 2.15. The van der Waals surface area contributed by atoms with Crippen LogP contribution in [0.2, 0.25) is 0 Å². The summed E-state index contributed by atoms with van der Waals surface area (Å²) in [6.07, 6.45) is 0.987. The molecule has 0 radical (unpaired) electrons. The fraction of sp³-hybridized carbons (Fsp3) is 0.375. The van der Waals surface area contributed by atoms with Crippen LogP contribution in [0.3, 0.4) is 0 Å². The van der Waals surface area contributed by atoms with E-state index < -0.39 is 12.1 Å². The number of aromatic nitrogens is 4. The maximum absolute atomic E-state index is 12.6. The molecule has 15 heavy (non-hydrogen) atoms. The summed E-state index contributed by atoms with van der Waals surface area (Å²) in [5.41, 5.74) is -0.254. The monoisotopic (exact) mass is 214 g/mol. The van der Waals surface area contributed by atoms with Crippen molar-refractivity contribution in [1.82, 2.24) is 19.2 Å². The Labute approximate surface area is 83.0 Å². The van der Waals surface area contributed by atoms with Gasteiger partial charge in [-0.1, -0.05) is 0 Å². The van der Waals surface area contributed by atoms with E-state index in [1.54, 1.807) is 0 Å². The molecule has 0 aliphatic carbocycles. The van der Waals surface area contributed by atoms with Crippen LogP contribution >= 0.6 is 0 Å². The number of hydrogen-bond acceptors (Lipinski definition) is 3. The predicted octanol–water partition coefficient (Wildman–Crippen LogP) is 0.903. The van der Waals surface area contributed by atoms with Crippen molar-refractivity contribution in [3.8, 4) is 0 Å². The highest BCUT2D eigenvalue weighted by atomic mass is 19.3. The molecule has 0 atom stereocenters. The SMILES string of the molecule is Cc1c(=O)nc(C)n2ncn(C(F)F)c12. The number of aryl methyl sites for hydroxylation is 2. The summed E-state index contributed by atoms with van der Waals surface area (Å²) in [5, 5.41) is 3.74. The standard InChI is InChI=1S/C8H8F2N4O/c1-4-6(15)12-5(2)14-7(4)13(3-11-14)8(9)10/h3,8H,1-2H3. The maximum Gasteiger partial charge on any atom is 0.321 e. The summed E-state index contributed by atoms with van der Waals surface area (Å²) >= 11 is 0. The van der Waals surface area contributed by atoms with Crippen LogP contribution in [0.25, 0.3) is 5.65 Å². The van der Waals surface area contributed by atoms with E-state index in [2.05, 4.69) is 10.1 Å². The largest absolute Gasteiger partial charge is 0.321 e. The molecule has 0 fully saturated rings. The van der Waals surface area contributed by atoms with E-state index in [9.17, 15) is 13.6 Å². The van der Waals surface area contributed by atoms with Crippen molar-refractivity contribution in [2.45, 2.75) is 20.4 Å². The quantitative estimate of drug-likeness (QED) is 0.708. The molecule has 2 aromatic rings. The van der Waals surface area contributed by atoms with Crippen LogP contribution < -0.4 is 5.56 Å². The number of halogens is 2. The van der Waals surface area contributed by atoms with Gasteiger partial charge in [0, 0.05) is 0 Å². The van der Waals surface area contributed by atoms with Gasteiger partial charge in [-0.05, 0) is 13.8 Å². The van der Waals surface area contributed by atoms with E-state index in [0.717, 1.165) is 6.33 Å². The second-order valence-corrected chi connectivity index (χ2v) is 3.14. The van der Waals surface area contributed by atoms with Crippen molar-refractivity contribution in [3.63, 3.8) is 0 Å². The fourth-order valence-corrected chi connectivity index (χ4v) is 1.43. The van der Waals surface area contributed by atoms with E-state index in [0.29, 0.717) is 10.4 Å². The number of fused-ring (bicyclic) bond motifs is 1. The van der Waals surface area contributed by atoms with Gasteiger partial charge in [0.1, 0.15) is 17.8 Å². The predicted molar refractivity (Wildman–Crippen MR) is 48.0 cm³/mol. The summed E-state index contributed by atoms with van der Waals surface area (Å²) < 4.78 is 27.0. The Bertz CT molecular complexity index is 572. The summed E-state index contributed by atoms with van der Waals surface area (Å²) in [4.78, 5) is 15.0. The minimum absolute atomic E-state index is 0.0856. The maximum atomic E-state index is 12.6. The van der Waals surface area contributed by atoms with E-state index >= 15 is 0 Å². The zero-order chi connectivity index (χ0) is 11.2. The smallest absolute Gasteiger partial charge is 0.267 e. The van der Waals surface area contributed by atoms with Crippen LogP contribution in [-0.4, -0.2) is 19.2 Å². The average molecular weight is 214 g/mol. The average Bonchev–Trinajstić information content (AvgIpc) is 2.58. The first kappa shape index (κ1) is 9.75. The first-order chi connectivity index (χ1) is 7.02. The second kappa shape index (κ2) is 3.11. The molecule has 5 nitrogen and oxygen atoms in total. The molecule has 7 heteroatoms. The fourth-order valence-electron chi connectivity index (χ4n) is 1.43. The molecule has 2 rings (SSSR count). The van der Waals surface area contributed by atoms with Crippen LogP contribution in [-0.2, 0) is 0 Å². The van der Waals surface area contributed by atoms with Gasteiger partial charge < -0.3 is 0 Å². The summed E-state index contributed by atoms with van der Waals surface area (Å²) in [6.45, 7) is 0.267. The minimum atomic E-state index is -2.72. The topological polar surface area (TPSA) is 52.2 Å². The number of nitrogens with zero attached hydrogens (tertiary/aromatic N) is 4. The molecular weight excluding hydrogens is 206 g/mol.